The molecule has 0 heterocycles. The molecule has 0 rings (SSSR count). The van der Waals surface area contributed by atoms with Crippen molar-refractivity contribution in [3.63, 3.8) is 0 Å². The van der Waals surface area contributed by atoms with Gasteiger partial charge in [0.25, 0.3) is 0 Å². The van der Waals surface area contributed by atoms with Crippen LogP contribution in [-0.4, -0.2) is 54.2 Å². The number of likely N-dealkylation sites (N-methyl/N-ethyl adjacent to an activating group) is 1. The highest BCUT2D eigenvalue weighted by atomic mass is 16.4. The van der Waals surface area contributed by atoms with E-state index in [-0.39, 0.29) is 12.8 Å². The number of hydrogen-bond acceptors (Lipinski definition) is 4. The highest BCUT2D eigenvalue weighted by molar-refractivity contribution is 5.66. The van der Waals surface area contributed by atoms with Crippen LogP contribution in [0.2, 0.25) is 0 Å². The van der Waals surface area contributed by atoms with Gasteiger partial charge >= 0.3 is 11.9 Å². The van der Waals surface area contributed by atoms with Crippen molar-refractivity contribution < 1.29 is 19.8 Å². The maximum atomic E-state index is 9.37. The minimum Gasteiger partial charge on any atom is -0.481 e. The van der Waals surface area contributed by atoms with Crippen LogP contribution in [-0.2, 0) is 9.59 Å². The second-order valence-corrected chi connectivity index (χ2v) is 3.09. The van der Waals surface area contributed by atoms with Gasteiger partial charge in [-0.1, -0.05) is 13.8 Å². The summed E-state index contributed by atoms with van der Waals surface area (Å²) in [5.41, 5.74) is 5.19. The van der Waals surface area contributed by atoms with E-state index in [9.17, 15) is 9.59 Å². The lowest BCUT2D eigenvalue weighted by molar-refractivity contribution is -0.137. The van der Waals surface area contributed by atoms with Crippen LogP contribution < -0.4 is 5.73 Å². The molecule has 0 aromatic heterocycles. The first-order chi connectivity index (χ1) is 7.31. The molecular formula is C10H24N2O4. The predicted octanol–water partition coefficient (Wildman–Crippen LogP) is 0.469. The van der Waals surface area contributed by atoms with Crippen molar-refractivity contribution in [1.29, 1.82) is 0 Å². The molecular weight excluding hydrogens is 212 g/mol. The molecule has 0 fully saturated rings. The summed E-state index contributed by atoms with van der Waals surface area (Å²) in [6.07, 6.45) is 0.444. The Morgan fingerprint density at radius 3 is 1.31 bits per heavy atom. The highest BCUT2D eigenvalue weighted by Gasteiger charge is 1.81. The summed E-state index contributed by atoms with van der Waals surface area (Å²) in [6, 6.07) is 0. The molecule has 0 spiro atoms. The van der Waals surface area contributed by atoms with E-state index in [0.29, 0.717) is 0 Å². The minimum absolute atomic E-state index is 0.222. The fourth-order valence-corrected chi connectivity index (χ4v) is 0.258. The van der Waals surface area contributed by atoms with Gasteiger partial charge in [-0.15, -0.1) is 0 Å². The van der Waals surface area contributed by atoms with E-state index in [0.717, 1.165) is 13.1 Å². The van der Waals surface area contributed by atoms with Gasteiger partial charge in [-0.05, 0) is 14.1 Å². The normalized spacial score (nSPS) is 8.38. The summed E-state index contributed by atoms with van der Waals surface area (Å²) >= 11 is 0. The average molecular weight is 236 g/mol. The van der Waals surface area contributed by atoms with Crippen molar-refractivity contribution in [2.45, 2.75) is 26.7 Å². The van der Waals surface area contributed by atoms with Crippen LogP contribution >= 0.6 is 0 Å². The first-order valence-corrected chi connectivity index (χ1v) is 5.10. The van der Waals surface area contributed by atoms with Crippen LogP contribution in [0.5, 0.6) is 0 Å². The predicted molar refractivity (Wildman–Crippen MR) is 63.5 cm³/mol. The summed E-state index contributed by atoms with van der Waals surface area (Å²) < 4.78 is 0. The Labute approximate surface area is 97.0 Å². The highest BCUT2D eigenvalue weighted by Crippen LogP contribution is 1.67. The van der Waals surface area contributed by atoms with E-state index in [1.807, 2.05) is 14.1 Å². The van der Waals surface area contributed by atoms with E-state index < -0.39 is 11.9 Å². The van der Waals surface area contributed by atoms with E-state index in [4.69, 9.17) is 15.9 Å². The summed E-state index contributed by atoms with van der Waals surface area (Å²) in [4.78, 5) is 20.8. The maximum Gasteiger partial charge on any atom is 0.303 e. The summed E-state index contributed by atoms with van der Waals surface area (Å²) in [5.74, 6) is -1.49. The molecule has 0 aromatic carbocycles. The molecule has 0 radical (unpaired) electrons. The van der Waals surface area contributed by atoms with Gasteiger partial charge in [-0.25, -0.2) is 0 Å². The van der Waals surface area contributed by atoms with Crippen LogP contribution in [0.25, 0.3) is 0 Å². The van der Waals surface area contributed by atoms with Gasteiger partial charge in [0.2, 0.25) is 0 Å². The minimum atomic E-state index is -0.745. The molecule has 0 bridgehead atoms. The molecule has 0 aromatic rings. The van der Waals surface area contributed by atoms with Gasteiger partial charge in [0.1, 0.15) is 0 Å². The van der Waals surface area contributed by atoms with Crippen molar-refractivity contribution in [2.24, 2.45) is 5.73 Å². The monoisotopic (exact) mass is 236 g/mol. The van der Waals surface area contributed by atoms with Gasteiger partial charge in [-0.3, -0.25) is 9.59 Å². The summed E-state index contributed by atoms with van der Waals surface area (Å²) in [6.45, 7) is 4.94. The number of carboxylic acids is 2. The molecule has 0 saturated carbocycles. The van der Waals surface area contributed by atoms with Crippen LogP contribution in [0, 0.1) is 0 Å². The van der Waals surface area contributed by atoms with Crippen LogP contribution in [0.4, 0.5) is 0 Å². The van der Waals surface area contributed by atoms with Crippen molar-refractivity contribution in [3.8, 4) is 0 Å². The number of nitrogens with two attached hydrogens (primary N) is 1. The number of nitrogens with zero attached hydrogens (tertiary/aromatic N) is 1. The zero-order valence-corrected chi connectivity index (χ0v) is 10.6. The zero-order valence-electron chi connectivity index (χ0n) is 10.6. The topological polar surface area (TPSA) is 104 Å². The fraction of sp³-hybridized carbons (Fsp3) is 0.800. The number of aliphatic carboxylic acids is 2. The average Bonchev–Trinajstić information content (AvgIpc) is 2.19. The Morgan fingerprint density at radius 1 is 1.06 bits per heavy atom. The Bertz CT molecular complexity index is 158. The van der Waals surface area contributed by atoms with Crippen molar-refractivity contribution in [1.82, 2.24) is 4.90 Å². The maximum absolute atomic E-state index is 9.37. The van der Waals surface area contributed by atoms with E-state index in [1.165, 1.54) is 0 Å². The fourth-order valence-electron chi connectivity index (χ4n) is 0.258. The molecule has 16 heavy (non-hydrogen) atoms. The molecule has 0 saturated heterocycles. The lowest BCUT2D eigenvalue weighted by Gasteiger charge is -2.03. The van der Waals surface area contributed by atoms with Gasteiger partial charge in [0, 0.05) is 25.9 Å². The third-order valence-electron chi connectivity index (χ3n) is 1.18. The SMILES string of the molecule is CCC(=O)O.CCC(=O)O.CN(C)CCN. The standard InChI is InChI=1S/C4H12N2.2C3H6O2/c1-6(2)4-3-5;2*1-2-3(4)5/h3-5H2,1-2H3;2*2H2,1H3,(H,4,5). The summed E-state index contributed by atoms with van der Waals surface area (Å²) in [5, 5.41) is 15.4. The quantitative estimate of drug-likeness (QED) is 0.655. The van der Waals surface area contributed by atoms with Crippen molar-refractivity contribution in [2.75, 3.05) is 27.2 Å². The van der Waals surface area contributed by atoms with E-state index in [1.54, 1.807) is 13.8 Å². The van der Waals surface area contributed by atoms with Gasteiger partial charge in [-0.2, -0.15) is 0 Å². The molecule has 98 valence electrons. The zero-order chi connectivity index (χ0) is 13.6. The Balaban J connectivity index is -0.000000160. The summed E-state index contributed by atoms with van der Waals surface area (Å²) in [7, 11) is 4.01. The first-order valence-electron chi connectivity index (χ1n) is 5.10. The second-order valence-electron chi connectivity index (χ2n) is 3.09. The third-order valence-corrected chi connectivity index (χ3v) is 1.18. The van der Waals surface area contributed by atoms with Crippen LogP contribution in [0.1, 0.15) is 26.7 Å². The first kappa shape index (κ1) is 20.3. The molecule has 0 aliphatic rings. The lowest BCUT2D eigenvalue weighted by atomic mass is 10.5. The van der Waals surface area contributed by atoms with Crippen molar-refractivity contribution >= 4 is 11.9 Å². The molecule has 4 N–H and O–H groups in total. The van der Waals surface area contributed by atoms with Gasteiger partial charge < -0.3 is 20.8 Å². The molecule has 0 aliphatic carbocycles. The molecule has 0 atom stereocenters. The molecule has 6 nitrogen and oxygen atoms in total. The van der Waals surface area contributed by atoms with E-state index >= 15 is 0 Å². The second kappa shape index (κ2) is 16.3. The Hall–Kier alpha value is -1.14. The van der Waals surface area contributed by atoms with Gasteiger partial charge in [0.15, 0.2) is 0 Å². The number of hydrogen-bond donors (Lipinski definition) is 3. The third kappa shape index (κ3) is 52.7. The number of rotatable bonds is 4. The molecule has 0 amide bonds. The lowest BCUT2D eigenvalue weighted by Crippen LogP contribution is -2.20. The molecule has 6 heteroatoms. The largest absolute Gasteiger partial charge is 0.481 e. The van der Waals surface area contributed by atoms with Gasteiger partial charge in [0.05, 0.1) is 0 Å². The Kier molecular flexibility index (Phi) is 20.7. The number of carboxylic acid groups (broad SMARTS) is 2. The molecule has 0 unspecified atom stereocenters. The number of carbonyl (C=O) groups is 2. The van der Waals surface area contributed by atoms with E-state index in [2.05, 4.69) is 4.90 Å². The van der Waals surface area contributed by atoms with Crippen LogP contribution in [0.3, 0.4) is 0 Å². The van der Waals surface area contributed by atoms with Crippen LogP contribution in [0.15, 0.2) is 0 Å². The molecule has 0 aliphatic heterocycles. The Morgan fingerprint density at radius 2 is 1.31 bits per heavy atom. The smallest absolute Gasteiger partial charge is 0.303 e. The van der Waals surface area contributed by atoms with Crippen molar-refractivity contribution in [3.05, 3.63) is 0 Å².